The van der Waals surface area contributed by atoms with E-state index < -0.39 is 23.2 Å². The van der Waals surface area contributed by atoms with Crippen LogP contribution in [0, 0.1) is 11.7 Å². The molecule has 0 saturated carbocycles. The molecule has 0 fully saturated rings. The number of amides is 2. The standard InChI is InChI=1S/C16H23FN2O3/c1-4-11(2)16(3,22)10-19-14(20)9-18-15(21)12-6-5-7-13(17)8-12/h5-8,11,22H,4,9-10H2,1-3H3,(H,18,21)(H,19,20). The molecule has 5 nitrogen and oxygen atoms in total. The molecule has 0 heterocycles. The van der Waals surface area contributed by atoms with Crippen molar-refractivity contribution in [3.8, 4) is 0 Å². The summed E-state index contributed by atoms with van der Waals surface area (Å²) in [6.07, 6.45) is 0.791. The molecule has 0 aliphatic carbocycles. The predicted molar refractivity (Wildman–Crippen MR) is 81.8 cm³/mol. The zero-order valence-electron chi connectivity index (χ0n) is 13.1. The number of benzene rings is 1. The summed E-state index contributed by atoms with van der Waals surface area (Å²) in [5.41, 5.74) is -0.851. The minimum Gasteiger partial charge on any atom is -0.388 e. The Bertz CT molecular complexity index is 532. The van der Waals surface area contributed by atoms with Crippen LogP contribution < -0.4 is 10.6 Å². The molecular formula is C16H23FN2O3. The molecule has 122 valence electrons. The van der Waals surface area contributed by atoms with Crippen LogP contribution in [0.3, 0.4) is 0 Å². The van der Waals surface area contributed by atoms with Crippen LogP contribution in [0.5, 0.6) is 0 Å². The van der Waals surface area contributed by atoms with Gasteiger partial charge < -0.3 is 15.7 Å². The van der Waals surface area contributed by atoms with Crippen LogP contribution in [0.4, 0.5) is 4.39 Å². The smallest absolute Gasteiger partial charge is 0.251 e. The molecule has 0 aromatic heterocycles. The Hall–Kier alpha value is -1.95. The maximum Gasteiger partial charge on any atom is 0.251 e. The van der Waals surface area contributed by atoms with Crippen molar-refractivity contribution < 1.29 is 19.1 Å². The molecule has 22 heavy (non-hydrogen) atoms. The topological polar surface area (TPSA) is 78.4 Å². The normalized spacial score (nSPS) is 14.8. The molecule has 0 saturated heterocycles. The fourth-order valence-electron chi connectivity index (χ4n) is 1.85. The van der Waals surface area contributed by atoms with Gasteiger partial charge in [-0.15, -0.1) is 0 Å². The van der Waals surface area contributed by atoms with Gasteiger partial charge in [-0.2, -0.15) is 0 Å². The first-order valence-corrected chi connectivity index (χ1v) is 7.29. The first-order chi connectivity index (χ1) is 10.3. The third-order valence-electron chi connectivity index (χ3n) is 3.81. The van der Waals surface area contributed by atoms with Gasteiger partial charge in [-0.25, -0.2) is 4.39 Å². The molecule has 2 unspecified atom stereocenters. The Labute approximate surface area is 129 Å². The summed E-state index contributed by atoms with van der Waals surface area (Å²) in [6, 6.07) is 5.22. The minimum atomic E-state index is -1.00. The maximum atomic E-state index is 13.0. The van der Waals surface area contributed by atoms with E-state index in [9.17, 15) is 19.1 Å². The van der Waals surface area contributed by atoms with E-state index in [2.05, 4.69) is 10.6 Å². The van der Waals surface area contributed by atoms with Crippen molar-refractivity contribution in [2.75, 3.05) is 13.1 Å². The molecule has 2 atom stereocenters. The summed E-state index contributed by atoms with van der Waals surface area (Å²) in [5, 5.41) is 15.2. The third kappa shape index (κ3) is 5.44. The SMILES string of the molecule is CCC(C)C(C)(O)CNC(=O)CNC(=O)c1cccc(F)c1. The van der Waals surface area contributed by atoms with Gasteiger partial charge >= 0.3 is 0 Å². The number of hydrogen-bond donors (Lipinski definition) is 3. The van der Waals surface area contributed by atoms with Gasteiger partial charge in [0.1, 0.15) is 5.82 Å². The van der Waals surface area contributed by atoms with E-state index in [-0.39, 0.29) is 24.6 Å². The summed E-state index contributed by atoms with van der Waals surface area (Å²) in [7, 11) is 0. The maximum absolute atomic E-state index is 13.0. The van der Waals surface area contributed by atoms with Gasteiger partial charge in [0.25, 0.3) is 5.91 Å². The van der Waals surface area contributed by atoms with Gasteiger partial charge in [-0.3, -0.25) is 9.59 Å². The molecule has 1 rings (SSSR count). The number of carbonyl (C=O) groups is 2. The highest BCUT2D eigenvalue weighted by Gasteiger charge is 2.27. The minimum absolute atomic E-state index is 0.0367. The lowest BCUT2D eigenvalue weighted by atomic mass is 9.89. The fraction of sp³-hybridized carbons (Fsp3) is 0.500. The van der Waals surface area contributed by atoms with Crippen molar-refractivity contribution in [3.05, 3.63) is 35.6 Å². The zero-order chi connectivity index (χ0) is 16.8. The molecule has 6 heteroatoms. The van der Waals surface area contributed by atoms with Crippen molar-refractivity contribution in [3.63, 3.8) is 0 Å². The Morgan fingerprint density at radius 2 is 2.05 bits per heavy atom. The molecule has 0 spiro atoms. The second-order valence-electron chi connectivity index (χ2n) is 5.64. The highest BCUT2D eigenvalue weighted by molar-refractivity contribution is 5.96. The number of rotatable bonds is 7. The second-order valence-corrected chi connectivity index (χ2v) is 5.64. The van der Waals surface area contributed by atoms with Crippen molar-refractivity contribution in [2.45, 2.75) is 32.8 Å². The summed E-state index contributed by atoms with van der Waals surface area (Å²) in [4.78, 5) is 23.4. The van der Waals surface area contributed by atoms with Gasteiger partial charge in [-0.05, 0) is 31.0 Å². The van der Waals surface area contributed by atoms with Crippen LogP contribution in [-0.4, -0.2) is 35.6 Å². The van der Waals surface area contributed by atoms with Crippen molar-refractivity contribution in [2.24, 2.45) is 5.92 Å². The van der Waals surface area contributed by atoms with E-state index >= 15 is 0 Å². The number of halogens is 1. The van der Waals surface area contributed by atoms with E-state index in [1.165, 1.54) is 18.2 Å². The Morgan fingerprint density at radius 3 is 2.64 bits per heavy atom. The average Bonchev–Trinajstić information content (AvgIpc) is 2.49. The number of aliphatic hydroxyl groups is 1. The molecule has 0 radical (unpaired) electrons. The monoisotopic (exact) mass is 310 g/mol. The van der Waals surface area contributed by atoms with Crippen molar-refractivity contribution in [1.29, 1.82) is 0 Å². The quantitative estimate of drug-likeness (QED) is 0.713. The van der Waals surface area contributed by atoms with Gasteiger partial charge in [0.2, 0.25) is 5.91 Å². The first-order valence-electron chi connectivity index (χ1n) is 7.29. The fourth-order valence-corrected chi connectivity index (χ4v) is 1.85. The van der Waals surface area contributed by atoms with Crippen LogP contribution >= 0.6 is 0 Å². The lowest BCUT2D eigenvalue weighted by molar-refractivity contribution is -0.121. The number of nitrogens with one attached hydrogen (secondary N) is 2. The van der Waals surface area contributed by atoms with Crippen LogP contribution in [0.1, 0.15) is 37.6 Å². The Morgan fingerprint density at radius 1 is 1.36 bits per heavy atom. The van der Waals surface area contributed by atoms with Crippen LogP contribution in [0.25, 0.3) is 0 Å². The summed E-state index contributed by atoms with van der Waals surface area (Å²) < 4.78 is 13.0. The molecule has 0 bridgehead atoms. The van der Waals surface area contributed by atoms with Crippen LogP contribution in [-0.2, 0) is 4.79 Å². The highest BCUT2D eigenvalue weighted by atomic mass is 19.1. The molecule has 1 aromatic rings. The largest absolute Gasteiger partial charge is 0.388 e. The number of carbonyl (C=O) groups excluding carboxylic acids is 2. The number of hydrogen-bond acceptors (Lipinski definition) is 3. The van der Waals surface area contributed by atoms with E-state index in [0.29, 0.717) is 0 Å². The van der Waals surface area contributed by atoms with E-state index in [0.717, 1.165) is 12.5 Å². The van der Waals surface area contributed by atoms with Gasteiger partial charge in [0.15, 0.2) is 0 Å². The lowest BCUT2D eigenvalue weighted by Crippen LogP contribution is -2.47. The molecular weight excluding hydrogens is 287 g/mol. The van der Waals surface area contributed by atoms with E-state index in [4.69, 9.17) is 0 Å². The molecule has 0 aliphatic rings. The van der Waals surface area contributed by atoms with Gasteiger partial charge in [0, 0.05) is 12.1 Å². The van der Waals surface area contributed by atoms with E-state index in [1.807, 2.05) is 13.8 Å². The van der Waals surface area contributed by atoms with Gasteiger partial charge in [-0.1, -0.05) is 26.3 Å². The Kier molecular flexibility index (Phi) is 6.49. The van der Waals surface area contributed by atoms with E-state index in [1.54, 1.807) is 6.92 Å². The average molecular weight is 310 g/mol. The first kappa shape index (κ1) is 18.1. The van der Waals surface area contributed by atoms with Crippen LogP contribution in [0.15, 0.2) is 24.3 Å². The molecule has 0 aliphatic heterocycles. The van der Waals surface area contributed by atoms with Crippen molar-refractivity contribution in [1.82, 2.24) is 10.6 Å². The summed E-state index contributed by atoms with van der Waals surface area (Å²) in [6.45, 7) is 5.40. The van der Waals surface area contributed by atoms with Crippen molar-refractivity contribution >= 4 is 11.8 Å². The molecule has 1 aromatic carbocycles. The Balaban J connectivity index is 2.42. The molecule has 3 N–H and O–H groups in total. The molecule has 2 amide bonds. The second kappa shape index (κ2) is 7.89. The predicted octanol–water partition coefficient (Wildman–Crippen LogP) is 1.47. The zero-order valence-corrected chi connectivity index (χ0v) is 13.1. The van der Waals surface area contributed by atoms with Gasteiger partial charge in [0.05, 0.1) is 12.1 Å². The summed E-state index contributed by atoms with van der Waals surface area (Å²) >= 11 is 0. The van der Waals surface area contributed by atoms with Crippen LogP contribution in [0.2, 0.25) is 0 Å². The third-order valence-corrected chi connectivity index (χ3v) is 3.81. The highest BCUT2D eigenvalue weighted by Crippen LogP contribution is 2.18. The summed E-state index contributed by atoms with van der Waals surface area (Å²) in [5.74, 6) is -1.41. The lowest BCUT2D eigenvalue weighted by Gasteiger charge is -2.29.